The Morgan fingerprint density at radius 2 is 1.75 bits per heavy atom. The van der Waals surface area contributed by atoms with Gasteiger partial charge in [0.05, 0.1) is 16.1 Å². The molecule has 2 aliphatic rings. The number of hydrogen-bond donors (Lipinski definition) is 1. The summed E-state index contributed by atoms with van der Waals surface area (Å²) >= 11 is 12.1. The summed E-state index contributed by atoms with van der Waals surface area (Å²) < 4.78 is 27.2. The van der Waals surface area contributed by atoms with Gasteiger partial charge >= 0.3 is 0 Å². The highest BCUT2D eigenvalue weighted by Gasteiger charge is 2.33. The molecule has 1 heterocycles. The van der Waals surface area contributed by atoms with E-state index in [2.05, 4.69) is 5.32 Å². The summed E-state index contributed by atoms with van der Waals surface area (Å²) in [6, 6.07) is 4.61. The van der Waals surface area contributed by atoms with Crippen LogP contribution in [0.4, 0.5) is 0 Å². The molecule has 0 aromatic heterocycles. The third-order valence-corrected chi connectivity index (χ3v) is 8.56. The van der Waals surface area contributed by atoms with Crippen LogP contribution >= 0.6 is 23.2 Å². The zero-order valence-corrected chi connectivity index (χ0v) is 18.4. The van der Waals surface area contributed by atoms with E-state index in [4.69, 9.17) is 23.2 Å². The lowest BCUT2D eigenvalue weighted by molar-refractivity contribution is -0.127. The second kappa shape index (κ2) is 9.30. The second-order valence-electron chi connectivity index (χ2n) is 7.51. The SMILES string of the molecule is C[C@@H](C(=O)NC1CCCCC1)N1CCN(S(=O)(=O)c2cccc(Cl)c2Cl)CC1. The highest BCUT2D eigenvalue weighted by Crippen LogP contribution is 2.31. The van der Waals surface area contributed by atoms with Gasteiger partial charge in [0, 0.05) is 32.2 Å². The van der Waals surface area contributed by atoms with Crippen molar-refractivity contribution in [3.05, 3.63) is 28.2 Å². The summed E-state index contributed by atoms with van der Waals surface area (Å²) in [6.45, 7) is 3.50. The van der Waals surface area contributed by atoms with Gasteiger partial charge in [0.2, 0.25) is 15.9 Å². The average Bonchev–Trinajstić information content (AvgIpc) is 2.70. The van der Waals surface area contributed by atoms with Crippen molar-refractivity contribution in [2.24, 2.45) is 0 Å². The summed E-state index contributed by atoms with van der Waals surface area (Å²) in [5.41, 5.74) is 0. The van der Waals surface area contributed by atoms with Gasteiger partial charge in [-0.1, -0.05) is 48.5 Å². The normalized spacial score (nSPS) is 21.4. The van der Waals surface area contributed by atoms with E-state index in [1.165, 1.54) is 29.6 Å². The number of amides is 1. The van der Waals surface area contributed by atoms with Crippen molar-refractivity contribution in [3.63, 3.8) is 0 Å². The van der Waals surface area contributed by atoms with E-state index in [0.29, 0.717) is 26.2 Å². The zero-order valence-electron chi connectivity index (χ0n) is 16.0. The second-order valence-corrected chi connectivity index (χ2v) is 10.2. The van der Waals surface area contributed by atoms with Crippen molar-refractivity contribution in [2.75, 3.05) is 26.2 Å². The molecule has 6 nitrogen and oxygen atoms in total. The van der Waals surface area contributed by atoms with Crippen molar-refractivity contribution in [1.82, 2.24) is 14.5 Å². The molecule has 0 spiro atoms. The van der Waals surface area contributed by atoms with Crippen LogP contribution in [-0.4, -0.2) is 61.8 Å². The zero-order chi connectivity index (χ0) is 20.3. The van der Waals surface area contributed by atoms with Gasteiger partial charge in [-0.15, -0.1) is 0 Å². The number of benzene rings is 1. The topological polar surface area (TPSA) is 69.7 Å². The lowest BCUT2D eigenvalue weighted by Crippen LogP contribution is -2.55. The van der Waals surface area contributed by atoms with E-state index in [1.54, 1.807) is 12.1 Å². The third kappa shape index (κ3) is 4.82. The van der Waals surface area contributed by atoms with Gasteiger partial charge in [0.15, 0.2) is 0 Å². The summed E-state index contributed by atoms with van der Waals surface area (Å²) in [6.07, 6.45) is 5.68. The van der Waals surface area contributed by atoms with Crippen molar-refractivity contribution in [3.8, 4) is 0 Å². The Labute approximate surface area is 177 Å². The number of nitrogens with one attached hydrogen (secondary N) is 1. The fraction of sp³-hybridized carbons (Fsp3) is 0.632. The lowest BCUT2D eigenvalue weighted by Gasteiger charge is -2.37. The first-order valence-corrected chi connectivity index (χ1v) is 12.0. The average molecular weight is 448 g/mol. The Balaban J connectivity index is 1.59. The van der Waals surface area contributed by atoms with Gasteiger partial charge < -0.3 is 5.32 Å². The van der Waals surface area contributed by atoms with Crippen LogP contribution in [0.15, 0.2) is 23.1 Å². The highest BCUT2D eigenvalue weighted by atomic mass is 35.5. The van der Waals surface area contributed by atoms with E-state index in [0.717, 1.165) is 12.8 Å². The maximum absolute atomic E-state index is 12.9. The first kappa shape index (κ1) is 21.8. The summed E-state index contributed by atoms with van der Waals surface area (Å²) in [7, 11) is -3.72. The monoisotopic (exact) mass is 447 g/mol. The molecule has 1 aromatic carbocycles. The van der Waals surface area contributed by atoms with Crippen LogP contribution in [0.25, 0.3) is 0 Å². The van der Waals surface area contributed by atoms with Crippen molar-refractivity contribution in [1.29, 1.82) is 0 Å². The van der Waals surface area contributed by atoms with Gasteiger partial charge in [0.1, 0.15) is 4.90 Å². The van der Waals surface area contributed by atoms with Crippen LogP contribution in [0.5, 0.6) is 0 Å². The molecule has 1 aromatic rings. The minimum Gasteiger partial charge on any atom is -0.352 e. The minimum atomic E-state index is -3.72. The molecule has 156 valence electrons. The Bertz CT molecular complexity index is 805. The molecule has 1 atom stereocenters. The third-order valence-electron chi connectivity index (χ3n) is 5.69. The highest BCUT2D eigenvalue weighted by molar-refractivity contribution is 7.89. The number of halogens is 2. The fourth-order valence-corrected chi connectivity index (χ4v) is 6.05. The Hall–Kier alpha value is -0.860. The number of rotatable bonds is 5. The van der Waals surface area contributed by atoms with Crippen LogP contribution < -0.4 is 5.32 Å². The van der Waals surface area contributed by atoms with E-state index >= 15 is 0 Å². The van der Waals surface area contributed by atoms with Crippen LogP contribution in [0.2, 0.25) is 10.0 Å². The Morgan fingerprint density at radius 1 is 1.11 bits per heavy atom. The summed E-state index contributed by atoms with van der Waals surface area (Å²) in [5, 5.41) is 3.42. The van der Waals surface area contributed by atoms with E-state index in [9.17, 15) is 13.2 Å². The first-order chi connectivity index (χ1) is 13.3. The lowest BCUT2D eigenvalue weighted by atomic mass is 9.95. The van der Waals surface area contributed by atoms with E-state index < -0.39 is 10.0 Å². The maximum Gasteiger partial charge on any atom is 0.244 e. The van der Waals surface area contributed by atoms with Crippen molar-refractivity contribution >= 4 is 39.1 Å². The Morgan fingerprint density at radius 3 is 2.39 bits per heavy atom. The molecule has 0 unspecified atom stereocenters. The van der Waals surface area contributed by atoms with Crippen LogP contribution in [0.1, 0.15) is 39.0 Å². The number of piperazine rings is 1. The molecule has 0 bridgehead atoms. The largest absolute Gasteiger partial charge is 0.352 e. The molecule has 1 aliphatic heterocycles. The minimum absolute atomic E-state index is 0.0261. The number of carbonyl (C=O) groups excluding carboxylic acids is 1. The molecule has 1 amide bonds. The van der Waals surface area contributed by atoms with Crippen molar-refractivity contribution in [2.45, 2.75) is 56.0 Å². The Kier molecular flexibility index (Phi) is 7.26. The summed E-state index contributed by atoms with van der Waals surface area (Å²) in [4.78, 5) is 14.6. The molecular weight excluding hydrogens is 421 g/mol. The molecule has 2 fully saturated rings. The van der Waals surface area contributed by atoms with Crippen LogP contribution in [0, 0.1) is 0 Å². The maximum atomic E-state index is 12.9. The molecule has 9 heteroatoms. The number of nitrogens with zero attached hydrogens (tertiary/aromatic N) is 2. The quantitative estimate of drug-likeness (QED) is 0.752. The van der Waals surface area contributed by atoms with Crippen LogP contribution in [0.3, 0.4) is 0 Å². The predicted molar refractivity (Wildman–Crippen MR) is 111 cm³/mol. The predicted octanol–water partition coefficient (Wildman–Crippen LogP) is 3.14. The first-order valence-electron chi connectivity index (χ1n) is 9.79. The molecule has 28 heavy (non-hydrogen) atoms. The van der Waals surface area contributed by atoms with Crippen molar-refractivity contribution < 1.29 is 13.2 Å². The van der Waals surface area contributed by atoms with Crippen LogP contribution in [-0.2, 0) is 14.8 Å². The molecule has 3 rings (SSSR count). The number of carbonyl (C=O) groups is 1. The van der Waals surface area contributed by atoms with Gasteiger partial charge in [-0.2, -0.15) is 4.31 Å². The molecule has 0 radical (unpaired) electrons. The van der Waals surface area contributed by atoms with Gasteiger partial charge in [0.25, 0.3) is 0 Å². The smallest absolute Gasteiger partial charge is 0.244 e. The van der Waals surface area contributed by atoms with Gasteiger partial charge in [-0.3, -0.25) is 9.69 Å². The standard InChI is InChI=1S/C19H27Cl2N3O3S/c1-14(19(25)22-15-6-3-2-4-7-15)23-10-12-24(13-11-23)28(26,27)17-9-5-8-16(20)18(17)21/h5,8-9,14-15H,2-4,6-7,10-13H2,1H3,(H,22,25)/t14-/m0/s1. The number of hydrogen-bond acceptors (Lipinski definition) is 4. The fourth-order valence-electron chi connectivity index (χ4n) is 3.89. The van der Waals surface area contributed by atoms with E-state index in [-0.39, 0.29) is 32.9 Å². The molecule has 1 saturated heterocycles. The molecule has 1 N–H and O–H groups in total. The van der Waals surface area contributed by atoms with Gasteiger partial charge in [-0.05, 0) is 31.9 Å². The molecule has 1 aliphatic carbocycles. The van der Waals surface area contributed by atoms with Gasteiger partial charge in [-0.25, -0.2) is 8.42 Å². The summed E-state index contributed by atoms with van der Waals surface area (Å²) in [5.74, 6) is 0.0288. The van der Waals surface area contributed by atoms with E-state index in [1.807, 2.05) is 11.8 Å². The molecular formula is C19H27Cl2N3O3S. The molecule has 1 saturated carbocycles. The number of sulfonamides is 1.